The van der Waals surface area contributed by atoms with Gasteiger partial charge in [0.1, 0.15) is 0 Å². The number of nitrogens with zero attached hydrogens (tertiary/aromatic N) is 2. The Morgan fingerprint density at radius 2 is 2.00 bits per heavy atom. The maximum Gasteiger partial charge on any atom is 0.226 e. The zero-order valence-corrected chi connectivity index (χ0v) is 14.1. The molecule has 0 radical (unpaired) electrons. The summed E-state index contributed by atoms with van der Waals surface area (Å²) in [6, 6.07) is 8.22. The highest BCUT2D eigenvalue weighted by atomic mass is 16.2. The first kappa shape index (κ1) is 15.8. The molecule has 5 heteroatoms. The van der Waals surface area contributed by atoms with Gasteiger partial charge in [0.15, 0.2) is 0 Å². The lowest BCUT2D eigenvalue weighted by molar-refractivity contribution is -0.134. The van der Waals surface area contributed by atoms with Crippen LogP contribution in [0.3, 0.4) is 0 Å². The van der Waals surface area contributed by atoms with E-state index in [1.54, 1.807) is 6.92 Å². The van der Waals surface area contributed by atoms with Gasteiger partial charge < -0.3 is 15.1 Å². The number of anilines is 1. The van der Waals surface area contributed by atoms with Crippen molar-refractivity contribution in [3.8, 4) is 0 Å². The first-order chi connectivity index (χ1) is 10.9. The van der Waals surface area contributed by atoms with Gasteiger partial charge in [-0.25, -0.2) is 0 Å². The molecular formula is C18H25N3O2. The molecule has 124 valence electrons. The average molecular weight is 315 g/mol. The zero-order chi connectivity index (χ0) is 16.6. The largest absolute Gasteiger partial charge is 0.378 e. The van der Waals surface area contributed by atoms with Crippen molar-refractivity contribution >= 4 is 17.5 Å². The number of nitrogens with one attached hydrogen (secondary N) is 1. The topological polar surface area (TPSA) is 52.7 Å². The van der Waals surface area contributed by atoms with Crippen LogP contribution in [0.5, 0.6) is 0 Å². The van der Waals surface area contributed by atoms with Crippen molar-refractivity contribution in [1.82, 2.24) is 10.2 Å². The quantitative estimate of drug-likeness (QED) is 0.919. The van der Waals surface area contributed by atoms with Gasteiger partial charge in [-0.15, -0.1) is 0 Å². The molecule has 1 aromatic carbocycles. The molecule has 0 spiro atoms. The summed E-state index contributed by atoms with van der Waals surface area (Å²) in [5.74, 6) is 0.616. The van der Waals surface area contributed by atoms with Crippen LogP contribution in [0.2, 0.25) is 0 Å². The minimum Gasteiger partial charge on any atom is -0.378 e. The van der Waals surface area contributed by atoms with E-state index in [4.69, 9.17) is 0 Å². The van der Waals surface area contributed by atoms with E-state index >= 15 is 0 Å². The van der Waals surface area contributed by atoms with Crippen LogP contribution >= 0.6 is 0 Å². The number of rotatable bonds is 4. The molecule has 1 saturated heterocycles. The van der Waals surface area contributed by atoms with Gasteiger partial charge >= 0.3 is 0 Å². The van der Waals surface area contributed by atoms with Crippen LogP contribution in [0.25, 0.3) is 0 Å². The Labute approximate surface area is 137 Å². The molecule has 5 nitrogen and oxygen atoms in total. The van der Waals surface area contributed by atoms with Crippen LogP contribution in [-0.2, 0) is 16.1 Å². The van der Waals surface area contributed by atoms with Gasteiger partial charge in [0, 0.05) is 46.3 Å². The second-order valence-corrected chi connectivity index (χ2v) is 7.02. The third kappa shape index (κ3) is 3.05. The van der Waals surface area contributed by atoms with E-state index in [9.17, 15) is 9.59 Å². The van der Waals surface area contributed by atoms with Crippen molar-refractivity contribution in [2.75, 3.05) is 32.1 Å². The van der Waals surface area contributed by atoms with Gasteiger partial charge in [-0.05, 0) is 36.5 Å². The highest BCUT2D eigenvalue weighted by Crippen LogP contribution is 2.58. The fourth-order valence-electron chi connectivity index (χ4n) is 3.57. The molecule has 2 amide bonds. The first-order valence-corrected chi connectivity index (χ1v) is 8.22. The summed E-state index contributed by atoms with van der Waals surface area (Å²) in [4.78, 5) is 27.9. The van der Waals surface area contributed by atoms with E-state index in [1.807, 2.05) is 19.0 Å². The van der Waals surface area contributed by atoms with Crippen LogP contribution in [0.15, 0.2) is 24.3 Å². The number of piperidine rings is 1. The lowest BCUT2D eigenvalue weighted by Gasteiger charge is -2.30. The third-order valence-corrected chi connectivity index (χ3v) is 5.30. The summed E-state index contributed by atoms with van der Waals surface area (Å²) < 4.78 is 0. The van der Waals surface area contributed by atoms with Crippen LogP contribution in [0.1, 0.15) is 25.3 Å². The third-order valence-electron chi connectivity index (χ3n) is 5.30. The van der Waals surface area contributed by atoms with Gasteiger partial charge in [0.2, 0.25) is 11.8 Å². The van der Waals surface area contributed by atoms with E-state index in [1.165, 1.54) is 0 Å². The molecule has 3 rings (SSSR count). The molecule has 0 bridgehead atoms. The highest BCUT2D eigenvalue weighted by molar-refractivity contribution is 5.86. The van der Waals surface area contributed by atoms with Gasteiger partial charge in [-0.2, -0.15) is 0 Å². The smallest absolute Gasteiger partial charge is 0.226 e. The van der Waals surface area contributed by atoms with Gasteiger partial charge in [-0.3, -0.25) is 9.59 Å². The molecular weight excluding hydrogens is 290 g/mol. The average Bonchev–Trinajstić information content (AvgIpc) is 3.27. The molecule has 0 aromatic heterocycles. The molecule has 0 unspecified atom stereocenters. The van der Waals surface area contributed by atoms with Crippen LogP contribution in [0, 0.1) is 11.3 Å². The normalized spacial score (nSPS) is 25.5. The fraction of sp³-hybridized carbons (Fsp3) is 0.556. The first-order valence-electron chi connectivity index (χ1n) is 8.22. The minimum absolute atomic E-state index is 0.117. The number of amides is 2. The summed E-state index contributed by atoms with van der Waals surface area (Å²) in [6.45, 7) is 3.61. The molecule has 1 saturated carbocycles. The van der Waals surface area contributed by atoms with Crippen molar-refractivity contribution < 1.29 is 9.59 Å². The standard InChI is InChI=1S/C18H25N3O2/c1-13(22)21-9-8-18(10-15(18)12-21)17(23)19-11-14-4-6-16(7-5-14)20(2)3/h4-7,15H,8-12H2,1-3H3,(H,19,23)/t15-,18-/m0/s1. The monoisotopic (exact) mass is 315 g/mol. The van der Waals surface area contributed by atoms with Gasteiger partial charge in [-0.1, -0.05) is 12.1 Å². The molecule has 1 aromatic rings. The SMILES string of the molecule is CC(=O)N1CC[C@]2(C(=O)NCc3ccc(N(C)C)cc3)C[C@H]2C1. The predicted molar refractivity (Wildman–Crippen MR) is 90.0 cm³/mol. The molecule has 2 atom stereocenters. The Balaban J connectivity index is 1.54. The second-order valence-electron chi connectivity index (χ2n) is 7.02. The zero-order valence-electron chi connectivity index (χ0n) is 14.1. The van der Waals surface area contributed by atoms with E-state index in [0.29, 0.717) is 19.0 Å². The Morgan fingerprint density at radius 3 is 2.57 bits per heavy atom. The predicted octanol–water partition coefficient (Wildman–Crippen LogP) is 1.63. The number of carbonyl (C=O) groups excluding carboxylic acids is 2. The number of hydrogen-bond acceptors (Lipinski definition) is 3. The Morgan fingerprint density at radius 1 is 1.30 bits per heavy atom. The Hall–Kier alpha value is -2.04. The lowest BCUT2D eigenvalue weighted by atomic mass is 9.94. The van der Waals surface area contributed by atoms with Crippen molar-refractivity contribution in [3.05, 3.63) is 29.8 Å². The summed E-state index contributed by atoms with van der Waals surface area (Å²) in [5, 5.41) is 3.09. The highest BCUT2D eigenvalue weighted by Gasteiger charge is 2.61. The van der Waals surface area contributed by atoms with Crippen LogP contribution in [0.4, 0.5) is 5.69 Å². The van der Waals surface area contributed by atoms with Gasteiger partial charge in [0.25, 0.3) is 0 Å². The van der Waals surface area contributed by atoms with Crippen LogP contribution < -0.4 is 10.2 Å². The van der Waals surface area contributed by atoms with E-state index in [-0.39, 0.29) is 17.2 Å². The second kappa shape index (κ2) is 5.87. The maximum absolute atomic E-state index is 12.6. The fourth-order valence-corrected chi connectivity index (χ4v) is 3.57. The van der Waals surface area contributed by atoms with Crippen molar-refractivity contribution in [3.63, 3.8) is 0 Å². The number of benzene rings is 1. The molecule has 1 heterocycles. The van der Waals surface area contributed by atoms with Gasteiger partial charge in [0.05, 0.1) is 5.41 Å². The van der Waals surface area contributed by atoms with E-state index in [2.05, 4.69) is 34.5 Å². The molecule has 1 N–H and O–H groups in total. The maximum atomic E-state index is 12.6. The van der Waals surface area contributed by atoms with Crippen LogP contribution in [-0.4, -0.2) is 43.9 Å². The number of carbonyl (C=O) groups is 2. The summed E-state index contributed by atoms with van der Waals surface area (Å²) in [5.41, 5.74) is 2.05. The summed E-state index contributed by atoms with van der Waals surface area (Å²) in [7, 11) is 4.02. The summed E-state index contributed by atoms with van der Waals surface area (Å²) >= 11 is 0. The van der Waals surface area contributed by atoms with E-state index < -0.39 is 0 Å². The molecule has 1 aliphatic carbocycles. The number of fused-ring (bicyclic) bond motifs is 1. The Bertz CT molecular complexity index is 611. The molecule has 2 aliphatic rings. The molecule has 1 aliphatic heterocycles. The number of hydrogen-bond donors (Lipinski definition) is 1. The molecule has 2 fully saturated rings. The summed E-state index contributed by atoms with van der Waals surface area (Å²) in [6.07, 6.45) is 1.71. The lowest BCUT2D eigenvalue weighted by Crippen LogP contribution is -2.43. The van der Waals surface area contributed by atoms with Crippen molar-refractivity contribution in [1.29, 1.82) is 0 Å². The Kier molecular flexibility index (Phi) is 4.04. The number of likely N-dealkylation sites (tertiary alicyclic amines) is 1. The minimum atomic E-state index is -0.213. The molecule has 23 heavy (non-hydrogen) atoms. The van der Waals surface area contributed by atoms with Crippen molar-refractivity contribution in [2.45, 2.75) is 26.3 Å². The van der Waals surface area contributed by atoms with E-state index in [0.717, 1.165) is 30.6 Å². The van der Waals surface area contributed by atoms with Crippen molar-refractivity contribution in [2.24, 2.45) is 11.3 Å².